The molecular weight excluding hydrogens is 452 g/mol. The molecule has 4 aromatic rings. The van der Waals surface area contributed by atoms with E-state index in [0.29, 0.717) is 12.2 Å². The summed E-state index contributed by atoms with van der Waals surface area (Å²) in [5.41, 5.74) is 5.95. The van der Waals surface area contributed by atoms with Gasteiger partial charge in [0.1, 0.15) is 6.04 Å². The normalized spacial score (nSPS) is 15.5. The molecule has 8 nitrogen and oxygen atoms in total. The lowest BCUT2D eigenvalue weighted by atomic mass is 10.1. The predicted octanol–water partition coefficient (Wildman–Crippen LogP) is 3.07. The fourth-order valence-electron chi connectivity index (χ4n) is 5.28. The first-order valence-electron chi connectivity index (χ1n) is 12.7. The number of hydrogen-bond acceptors (Lipinski definition) is 5. The topological polar surface area (TPSA) is 74.9 Å². The van der Waals surface area contributed by atoms with Gasteiger partial charge < -0.3 is 10.2 Å². The van der Waals surface area contributed by atoms with Crippen LogP contribution in [0.5, 0.6) is 0 Å². The van der Waals surface area contributed by atoms with E-state index < -0.39 is 6.04 Å². The molecular formula is C28H34N6O2. The Morgan fingerprint density at radius 3 is 2.56 bits per heavy atom. The van der Waals surface area contributed by atoms with Crippen molar-refractivity contribution < 1.29 is 4.79 Å². The van der Waals surface area contributed by atoms with E-state index >= 15 is 0 Å². The molecule has 0 saturated carbocycles. The molecule has 0 bridgehead atoms. The second kappa shape index (κ2) is 9.78. The molecule has 188 valence electrons. The second-order valence-electron chi connectivity index (χ2n) is 9.75. The summed E-state index contributed by atoms with van der Waals surface area (Å²) in [5.74, 6) is -0.0511. The lowest BCUT2D eigenvalue weighted by Crippen LogP contribution is -2.49. The first kappa shape index (κ1) is 24.1. The maximum atomic E-state index is 13.2. The number of nitrogens with zero attached hydrogens (tertiary/aromatic N) is 5. The molecule has 0 radical (unpaired) electrons. The maximum absolute atomic E-state index is 13.2. The highest BCUT2D eigenvalue weighted by molar-refractivity contribution is 5.94. The third kappa shape index (κ3) is 4.37. The van der Waals surface area contributed by atoms with E-state index in [1.165, 1.54) is 22.9 Å². The molecule has 1 aliphatic rings. The van der Waals surface area contributed by atoms with E-state index in [1.807, 2.05) is 47.3 Å². The Hall–Kier alpha value is -3.65. The highest BCUT2D eigenvalue weighted by atomic mass is 16.2. The van der Waals surface area contributed by atoms with Crippen molar-refractivity contribution in [1.82, 2.24) is 24.4 Å². The smallest absolute Gasteiger partial charge is 0.273 e. The van der Waals surface area contributed by atoms with Crippen molar-refractivity contribution in [2.75, 3.05) is 44.2 Å². The van der Waals surface area contributed by atoms with Crippen molar-refractivity contribution in [3.8, 4) is 0 Å². The number of rotatable bonds is 6. The summed E-state index contributed by atoms with van der Waals surface area (Å²) >= 11 is 0. The first-order valence-corrected chi connectivity index (χ1v) is 12.7. The van der Waals surface area contributed by atoms with Gasteiger partial charge in [0, 0.05) is 62.1 Å². The Balaban J connectivity index is 1.23. The number of aryl methyl sites for hydroxylation is 2. The molecule has 1 aliphatic heterocycles. The fraction of sp³-hybridized carbons (Fsp3) is 0.393. The van der Waals surface area contributed by atoms with Gasteiger partial charge in [-0.2, -0.15) is 4.98 Å². The molecule has 1 atom stereocenters. The minimum atomic E-state index is -0.462. The largest absolute Gasteiger partial charge is 0.369 e. The average Bonchev–Trinajstić information content (AvgIpc) is 3.20. The van der Waals surface area contributed by atoms with Crippen LogP contribution in [0.1, 0.15) is 29.8 Å². The number of nitrogens with one attached hydrogen (secondary N) is 1. The molecule has 5 rings (SSSR count). The quantitative estimate of drug-likeness (QED) is 0.453. The van der Waals surface area contributed by atoms with Crippen LogP contribution in [0.2, 0.25) is 0 Å². The van der Waals surface area contributed by atoms with E-state index in [0.717, 1.165) is 49.3 Å². The highest BCUT2D eigenvalue weighted by Gasteiger charge is 2.23. The Kier molecular flexibility index (Phi) is 6.53. The molecule has 3 heterocycles. The maximum Gasteiger partial charge on any atom is 0.273 e. The number of para-hydroxylation sites is 1. The van der Waals surface area contributed by atoms with Crippen LogP contribution in [0.4, 0.5) is 5.69 Å². The van der Waals surface area contributed by atoms with Crippen LogP contribution in [0.15, 0.2) is 53.3 Å². The molecule has 0 spiro atoms. The Morgan fingerprint density at radius 2 is 1.78 bits per heavy atom. The monoisotopic (exact) mass is 486 g/mol. The van der Waals surface area contributed by atoms with Crippen LogP contribution >= 0.6 is 0 Å². The molecule has 36 heavy (non-hydrogen) atoms. The molecule has 0 unspecified atom stereocenters. The highest BCUT2D eigenvalue weighted by Crippen LogP contribution is 2.25. The van der Waals surface area contributed by atoms with Gasteiger partial charge >= 0.3 is 0 Å². The number of amides is 1. The van der Waals surface area contributed by atoms with Gasteiger partial charge in [-0.15, -0.1) is 0 Å². The van der Waals surface area contributed by atoms with Crippen molar-refractivity contribution in [1.29, 1.82) is 0 Å². The van der Waals surface area contributed by atoms with Crippen LogP contribution in [-0.4, -0.2) is 64.3 Å². The van der Waals surface area contributed by atoms with E-state index in [1.54, 1.807) is 0 Å². The number of carbonyl (C=O) groups is 1. The summed E-state index contributed by atoms with van der Waals surface area (Å²) < 4.78 is 3.81. The van der Waals surface area contributed by atoms with Crippen molar-refractivity contribution >= 4 is 28.1 Å². The number of hydrogen-bond donors (Lipinski definition) is 1. The zero-order valence-corrected chi connectivity index (χ0v) is 21.5. The number of piperazine rings is 1. The molecule has 2 aromatic heterocycles. The average molecular weight is 487 g/mol. The SMILES string of the molecule is Cc1cccc(N2CCN(CCNC(=O)[C@H](C)n3c4ccccc4c4nc(=O)cc(C)n43)CC2)c1C. The number of fused-ring (bicyclic) bond motifs is 3. The summed E-state index contributed by atoms with van der Waals surface area (Å²) in [4.78, 5) is 34.4. The third-order valence-electron chi connectivity index (χ3n) is 7.45. The number of benzene rings is 2. The van der Waals surface area contributed by atoms with Crippen LogP contribution in [0, 0.1) is 20.8 Å². The first-order chi connectivity index (χ1) is 17.3. The third-order valence-corrected chi connectivity index (χ3v) is 7.45. The van der Waals surface area contributed by atoms with E-state index in [-0.39, 0.29) is 11.5 Å². The van der Waals surface area contributed by atoms with Gasteiger partial charge in [0.25, 0.3) is 5.56 Å². The van der Waals surface area contributed by atoms with Gasteiger partial charge in [0.05, 0.1) is 5.52 Å². The van der Waals surface area contributed by atoms with Gasteiger partial charge in [-0.3, -0.25) is 19.2 Å². The zero-order chi connectivity index (χ0) is 25.4. The Bertz CT molecular complexity index is 1480. The van der Waals surface area contributed by atoms with Gasteiger partial charge in [-0.05, 0) is 57.0 Å². The molecule has 0 aliphatic carbocycles. The van der Waals surface area contributed by atoms with Crippen molar-refractivity contribution in [2.24, 2.45) is 0 Å². The minimum absolute atomic E-state index is 0.0511. The summed E-state index contributed by atoms with van der Waals surface area (Å²) in [6.07, 6.45) is 0. The van der Waals surface area contributed by atoms with Gasteiger partial charge in [0.2, 0.25) is 5.91 Å². The van der Waals surface area contributed by atoms with Crippen molar-refractivity contribution in [3.63, 3.8) is 0 Å². The molecule has 2 aromatic carbocycles. The number of aromatic nitrogens is 3. The summed E-state index contributed by atoms with van der Waals surface area (Å²) in [5, 5.41) is 3.99. The van der Waals surface area contributed by atoms with Crippen LogP contribution in [-0.2, 0) is 4.79 Å². The van der Waals surface area contributed by atoms with Gasteiger partial charge in [-0.25, -0.2) is 4.52 Å². The fourth-order valence-corrected chi connectivity index (χ4v) is 5.28. The standard InChI is InChI=1S/C28H34N6O2/c1-19-8-7-11-24(21(19)3)32-16-14-31(15-17-32)13-12-29-28(36)22(4)34-25-10-6-5-9-23(25)27-30-26(35)18-20(2)33(27)34/h5-11,18,22H,12-17H2,1-4H3,(H,29,36)/t22-/m0/s1. The van der Waals surface area contributed by atoms with E-state index in [9.17, 15) is 9.59 Å². The van der Waals surface area contributed by atoms with Crippen LogP contribution in [0.25, 0.3) is 16.6 Å². The Morgan fingerprint density at radius 1 is 1.03 bits per heavy atom. The summed E-state index contributed by atoms with van der Waals surface area (Å²) in [6, 6.07) is 15.3. The molecule has 1 saturated heterocycles. The summed E-state index contributed by atoms with van der Waals surface area (Å²) in [7, 11) is 0. The van der Waals surface area contributed by atoms with E-state index in [2.05, 4.69) is 52.1 Å². The lowest BCUT2D eigenvalue weighted by molar-refractivity contribution is -0.124. The molecule has 8 heteroatoms. The van der Waals surface area contributed by atoms with Crippen LogP contribution in [0.3, 0.4) is 0 Å². The van der Waals surface area contributed by atoms with Crippen LogP contribution < -0.4 is 15.8 Å². The Labute approximate surface area is 211 Å². The molecule has 1 amide bonds. The predicted molar refractivity (Wildman–Crippen MR) is 144 cm³/mol. The number of anilines is 1. The van der Waals surface area contributed by atoms with Gasteiger partial charge in [0.15, 0.2) is 5.65 Å². The lowest BCUT2D eigenvalue weighted by Gasteiger charge is -2.37. The van der Waals surface area contributed by atoms with Gasteiger partial charge in [-0.1, -0.05) is 24.3 Å². The number of carbonyl (C=O) groups excluding carboxylic acids is 1. The summed E-state index contributed by atoms with van der Waals surface area (Å²) in [6.45, 7) is 13.5. The minimum Gasteiger partial charge on any atom is -0.369 e. The van der Waals surface area contributed by atoms with Crippen molar-refractivity contribution in [3.05, 3.63) is 75.7 Å². The van der Waals surface area contributed by atoms with E-state index in [4.69, 9.17) is 0 Å². The molecule has 1 N–H and O–H groups in total. The second-order valence-corrected chi connectivity index (χ2v) is 9.75. The zero-order valence-electron chi connectivity index (χ0n) is 21.5. The molecule has 1 fully saturated rings. The van der Waals surface area contributed by atoms with Crippen molar-refractivity contribution in [2.45, 2.75) is 33.7 Å².